The first-order chi connectivity index (χ1) is 10.6. The van der Waals surface area contributed by atoms with Gasteiger partial charge >= 0.3 is 5.97 Å². The fourth-order valence-corrected chi connectivity index (χ4v) is 3.52. The highest BCUT2D eigenvalue weighted by Crippen LogP contribution is 2.31. The van der Waals surface area contributed by atoms with Crippen molar-refractivity contribution < 1.29 is 14.3 Å². The summed E-state index contributed by atoms with van der Waals surface area (Å²) >= 11 is 1.37. The summed E-state index contributed by atoms with van der Waals surface area (Å²) in [5.74, 6) is -0.620. The van der Waals surface area contributed by atoms with Crippen LogP contribution in [0.5, 0.6) is 0 Å². The number of aryl methyl sites for hydroxylation is 1. The number of anilines is 1. The van der Waals surface area contributed by atoms with Crippen LogP contribution in [0, 0.1) is 6.92 Å². The van der Waals surface area contributed by atoms with Crippen LogP contribution in [0.15, 0.2) is 36.4 Å². The van der Waals surface area contributed by atoms with E-state index in [-0.39, 0.29) is 18.6 Å². The second-order valence-corrected chi connectivity index (χ2v) is 6.72. The smallest absolute Gasteiger partial charge is 0.348 e. The molecule has 114 valence electrons. The topological polar surface area (TPSA) is 46.6 Å². The number of benzene rings is 1. The molecule has 3 rings (SSSR count). The molecule has 22 heavy (non-hydrogen) atoms. The van der Waals surface area contributed by atoms with Crippen LogP contribution in [0.3, 0.4) is 0 Å². The number of carbonyl (C=O) groups excluding carboxylic acids is 2. The average Bonchev–Trinajstić information content (AvgIpc) is 3.07. The highest BCUT2D eigenvalue weighted by atomic mass is 32.1. The Kier molecular flexibility index (Phi) is 3.98. The van der Waals surface area contributed by atoms with Crippen LogP contribution in [-0.2, 0) is 16.0 Å². The molecule has 0 fully saturated rings. The van der Waals surface area contributed by atoms with Crippen molar-refractivity contribution in [1.29, 1.82) is 0 Å². The van der Waals surface area contributed by atoms with E-state index in [9.17, 15) is 9.59 Å². The Morgan fingerprint density at radius 3 is 2.77 bits per heavy atom. The molecule has 0 saturated carbocycles. The summed E-state index contributed by atoms with van der Waals surface area (Å²) in [4.78, 5) is 27.6. The lowest BCUT2D eigenvalue weighted by Crippen LogP contribution is -2.38. The normalized spacial score (nSPS) is 16.5. The molecular weight excluding hydrogens is 298 g/mol. The Morgan fingerprint density at radius 2 is 2.05 bits per heavy atom. The van der Waals surface area contributed by atoms with Gasteiger partial charge in [-0.1, -0.05) is 18.2 Å². The fraction of sp³-hybridized carbons (Fsp3) is 0.294. The molecule has 5 heteroatoms. The molecule has 1 atom stereocenters. The first-order valence-corrected chi connectivity index (χ1v) is 8.01. The van der Waals surface area contributed by atoms with Crippen LogP contribution in [0.25, 0.3) is 0 Å². The Hall–Kier alpha value is -2.14. The predicted molar refractivity (Wildman–Crippen MR) is 86.4 cm³/mol. The van der Waals surface area contributed by atoms with Gasteiger partial charge in [0, 0.05) is 16.6 Å². The van der Waals surface area contributed by atoms with E-state index in [1.165, 1.54) is 11.3 Å². The van der Waals surface area contributed by atoms with E-state index in [4.69, 9.17) is 4.74 Å². The quantitative estimate of drug-likeness (QED) is 0.817. The third-order valence-electron chi connectivity index (χ3n) is 3.74. The zero-order chi connectivity index (χ0) is 15.7. The third-order valence-corrected chi connectivity index (χ3v) is 4.72. The van der Waals surface area contributed by atoms with Crippen LogP contribution in [-0.4, -0.2) is 24.5 Å². The minimum Gasteiger partial charge on any atom is -0.451 e. The van der Waals surface area contributed by atoms with Crippen molar-refractivity contribution in [3.8, 4) is 0 Å². The number of nitrogens with zero attached hydrogens (tertiary/aromatic N) is 1. The zero-order valence-corrected chi connectivity index (χ0v) is 13.4. The second kappa shape index (κ2) is 5.93. The molecule has 1 aromatic heterocycles. The molecule has 1 aliphatic rings. The summed E-state index contributed by atoms with van der Waals surface area (Å²) in [6, 6.07) is 11.5. The van der Waals surface area contributed by atoms with Crippen molar-refractivity contribution in [2.45, 2.75) is 26.3 Å². The molecule has 0 N–H and O–H groups in total. The van der Waals surface area contributed by atoms with Gasteiger partial charge in [-0.05, 0) is 44.0 Å². The highest BCUT2D eigenvalue weighted by molar-refractivity contribution is 7.13. The minimum atomic E-state index is -0.438. The van der Waals surface area contributed by atoms with Gasteiger partial charge in [0.25, 0.3) is 5.91 Å². The molecule has 0 bridgehead atoms. The number of carbonyl (C=O) groups is 2. The van der Waals surface area contributed by atoms with Crippen molar-refractivity contribution in [3.63, 3.8) is 0 Å². The maximum Gasteiger partial charge on any atom is 0.348 e. The van der Waals surface area contributed by atoms with Crippen LogP contribution in [0.4, 0.5) is 5.69 Å². The van der Waals surface area contributed by atoms with Crippen LogP contribution in [0.2, 0.25) is 0 Å². The van der Waals surface area contributed by atoms with Crippen molar-refractivity contribution in [1.82, 2.24) is 0 Å². The number of thiophene rings is 1. The van der Waals surface area contributed by atoms with Crippen molar-refractivity contribution in [3.05, 3.63) is 51.7 Å². The fourth-order valence-electron chi connectivity index (χ4n) is 2.76. The van der Waals surface area contributed by atoms with Crippen molar-refractivity contribution in [2.24, 2.45) is 0 Å². The largest absolute Gasteiger partial charge is 0.451 e. The number of rotatable bonds is 3. The van der Waals surface area contributed by atoms with E-state index in [0.29, 0.717) is 4.88 Å². The van der Waals surface area contributed by atoms with E-state index in [1.807, 2.05) is 44.2 Å². The highest BCUT2D eigenvalue weighted by Gasteiger charge is 2.31. The van der Waals surface area contributed by atoms with E-state index < -0.39 is 5.97 Å². The van der Waals surface area contributed by atoms with Gasteiger partial charge in [0.1, 0.15) is 4.88 Å². The van der Waals surface area contributed by atoms with E-state index in [2.05, 4.69) is 0 Å². The van der Waals surface area contributed by atoms with Gasteiger partial charge in [0.15, 0.2) is 6.61 Å². The Morgan fingerprint density at radius 1 is 1.27 bits per heavy atom. The van der Waals surface area contributed by atoms with Crippen LogP contribution in [0.1, 0.15) is 27.0 Å². The molecule has 0 saturated heterocycles. The Bertz CT molecular complexity index is 722. The minimum absolute atomic E-state index is 0.0904. The first-order valence-electron chi connectivity index (χ1n) is 7.20. The first kappa shape index (κ1) is 14.8. The number of esters is 1. The monoisotopic (exact) mass is 315 g/mol. The van der Waals surface area contributed by atoms with Gasteiger partial charge < -0.3 is 9.64 Å². The predicted octanol–water partition coefficient (Wildman–Crippen LogP) is 3.19. The van der Waals surface area contributed by atoms with Crippen LogP contribution < -0.4 is 4.90 Å². The zero-order valence-electron chi connectivity index (χ0n) is 12.5. The molecular formula is C17H17NO3S. The molecule has 0 spiro atoms. The van der Waals surface area contributed by atoms with Gasteiger partial charge in [-0.15, -0.1) is 11.3 Å². The van der Waals surface area contributed by atoms with Crippen molar-refractivity contribution in [2.75, 3.05) is 11.5 Å². The lowest BCUT2D eigenvalue weighted by atomic mass is 10.1. The average molecular weight is 315 g/mol. The van der Waals surface area contributed by atoms with Gasteiger partial charge in [0.05, 0.1) is 0 Å². The molecule has 0 unspecified atom stereocenters. The molecule has 0 radical (unpaired) electrons. The third kappa shape index (κ3) is 2.76. The summed E-state index contributed by atoms with van der Waals surface area (Å²) in [6.45, 7) is 3.70. The van der Waals surface area contributed by atoms with Crippen molar-refractivity contribution >= 4 is 28.9 Å². The molecule has 2 aromatic rings. The summed E-state index contributed by atoms with van der Waals surface area (Å²) in [5.41, 5.74) is 2.08. The van der Waals surface area contributed by atoms with E-state index in [0.717, 1.165) is 22.5 Å². The Labute approximate surface area is 133 Å². The maximum absolute atomic E-state index is 12.4. The molecule has 2 heterocycles. The number of amides is 1. The van der Waals surface area contributed by atoms with E-state index in [1.54, 1.807) is 11.0 Å². The molecule has 0 aliphatic carbocycles. The molecule has 4 nitrogen and oxygen atoms in total. The standard InChI is InChI=1S/C17H17NO3S/c1-11-9-13-5-3-4-6-14(13)18(11)16(19)10-21-17(20)15-8-7-12(2)22-15/h3-8,11H,9-10H2,1-2H3/t11-/m0/s1. The summed E-state index contributed by atoms with van der Waals surface area (Å²) < 4.78 is 5.16. The number of hydrogen-bond acceptors (Lipinski definition) is 4. The summed E-state index contributed by atoms with van der Waals surface area (Å²) in [5, 5.41) is 0. The summed E-state index contributed by atoms with van der Waals surface area (Å²) in [6.07, 6.45) is 0.833. The lowest BCUT2D eigenvalue weighted by Gasteiger charge is -2.22. The number of para-hydroxylation sites is 1. The molecule has 1 amide bonds. The lowest BCUT2D eigenvalue weighted by molar-refractivity contribution is -0.122. The number of hydrogen-bond donors (Lipinski definition) is 0. The number of fused-ring (bicyclic) bond motifs is 1. The van der Waals surface area contributed by atoms with Gasteiger partial charge in [-0.25, -0.2) is 4.79 Å². The summed E-state index contributed by atoms with van der Waals surface area (Å²) in [7, 11) is 0. The molecule has 1 aromatic carbocycles. The Balaban J connectivity index is 1.66. The number of ether oxygens (including phenoxy) is 1. The molecule has 1 aliphatic heterocycles. The van der Waals surface area contributed by atoms with Gasteiger partial charge in [-0.2, -0.15) is 0 Å². The van der Waals surface area contributed by atoms with Gasteiger partial charge in [-0.3, -0.25) is 4.79 Å². The maximum atomic E-state index is 12.4. The SMILES string of the molecule is Cc1ccc(C(=O)OCC(=O)N2c3ccccc3C[C@@H]2C)s1. The van der Waals surface area contributed by atoms with Gasteiger partial charge in [0.2, 0.25) is 0 Å². The second-order valence-electron chi connectivity index (χ2n) is 5.43. The van der Waals surface area contributed by atoms with Crippen LogP contribution >= 0.6 is 11.3 Å². The van der Waals surface area contributed by atoms with E-state index >= 15 is 0 Å².